The van der Waals surface area contributed by atoms with E-state index in [2.05, 4.69) is 15.0 Å². The molecule has 2 unspecified atom stereocenters. The molecule has 1 fully saturated rings. The fourth-order valence-electron chi connectivity index (χ4n) is 1.78. The van der Waals surface area contributed by atoms with E-state index >= 15 is 0 Å². The van der Waals surface area contributed by atoms with Crippen molar-refractivity contribution in [2.75, 3.05) is 20.2 Å². The number of carbonyl (C=O) groups is 1. The van der Waals surface area contributed by atoms with E-state index in [0.29, 0.717) is 6.04 Å². The molecule has 0 spiro atoms. The minimum Gasteiger partial charge on any atom is -0.440 e. The Morgan fingerprint density at radius 2 is 2.18 bits per heavy atom. The molecule has 1 rings (SSSR count). The topological polar surface area (TPSA) is 41.6 Å². The van der Waals surface area contributed by atoms with Gasteiger partial charge in [-0.2, -0.15) is 13.2 Å². The summed E-state index contributed by atoms with van der Waals surface area (Å²) < 4.78 is 39.5. The Hall–Kier alpha value is -0.980. The highest BCUT2D eigenvalue weighted by Gasteiger charge is 2.30. The van der Waals surface area contributed by atoms with Gasteiger partial charge in [0.15, 0.2) is 6.61 Å². The number of rotatable bonds is 2. The quantitative estimate of drug-likeness (QED) is 0.816. The zero-order valence-electron chi connectivity index (χ0n) is 9.88. The van der Waals surface area contributed by atoms with Crippen molar-refractivity contribution >= 4 is 6.09 Å². The molecule has 0 aromatic rings. The Bertz CT molecular complexity index is 271. The summed E-state index contributed by atoms with van der Waals surface area (Å²) >= 11 is 0. The van der Waals surface area contributed by atoms with Gasteiger partial charge < -0.3 is 15.0 Å². The second-order valence-electron chi connectivity index (χ2n) is 4.39. The van der Waals surface area contributed by atoms with Gasteiger partial charge >= 0.3 is 12.3 Å². The summed E-state index contributed by atoms with van der Waals surface area (Å²) in [6.45, 7) is 1.28. The molecule has 1 N–H and O–H groups in total. The van der Waals surface area contributed by atoms with Crippen LogP contribution in [0, 0.1) is 0 Å². The number of alkyl carbamates (subject to hydrolysis) is 1. The van der Waals surface area contributed by atoms with Crippen LogP contribution in [0.5, 0.6) is 0 Å². The van der Waals surface area contributed by atoms with Crippen LogP contribution in [0.2, 0.25) is 0 Å². The van der Waals surface area contributed by atoms with Crippen molar-refractivity contribution in [1.29, 1.82) is 0 Å². The zero-order chi connectivity index (χ0) is 13.1. The predicted octanol–water partition coefficient (Wildman–Crippen LogP) is 1.76. The molecule has 1 aliphatic heterocycles. The first kappa shape index (κ1) is 14.1. The molecule has 7 heteroatoms. The Balaban J connectivity index is 2.27. The van der Waals surface area contributed by atoms with Gasteiger partial charge in [-0.3, -0.25) is 0 Å². The standard InChI is InChI=1S/C10H17F3N2O2/c1-7-5-8(3-4-15(7)2)14-9(16)17-6-10(11,12)13/h7-8H,3-6H2,1-2H3,(H,14,16). The van der Waals surface area contributed by atoms with E-state index in [4.69, 9.17) is 0 Å². The van der Waals surface area contributed by atoms with Gasteiger partial charge in [0.05, 0.1) is 0 Å². The Labute approximate surface area is 98.1 Å². The number of hydrogen-bond acceptors (Lipinski definition) is 3. The van der Waals surface area contributed by atoms with E-state index in [9.17, 15) is 18.0 Å². The average molecular weight is 254 g/mol. The fraction of sp³-hybridized carbons (Fsp3) is 0.900. The van der Waals surface area contributed by atoms with Crippen molar-refractivity contribution in [3.05, 3.63) is 0 Å². The SMILES string of the molecule is CC1CC(NC(=O)OCC(F)(F)F)CCN1C. The lowest BCUT2D eigenvalue weighted by Crippen LogP contribution is -2.47. The van der Waals surface area contributed by atoms with E-state index in [1.807, 2.05) is 14.0 Å². The highest BCUT2D eigenvalue weighted by atomic mass is 19.4. The minimum absolute atomic E-state index is 0.109. The number of ether oxygens (including phenoxy) is 1. The normalized spacial score (nSPS) is 26.6. The summed E-state index contributed by atoms with van der Waals surface area (Å²) in [6.07, 6.45) is -4.03. The van der Waals surface area contributed by atoms with Crippen molar-refractivity contribution in [1.82, 2.24) is 10.2 Å². The van der Waals surface area contributed by atoms with E-state index in [1.165, 1.54) is 0 Å². The highest BCUT2D eigenvalue weighted by molar-refractivity contribution is 5.67. The number of amides is 1. The number of carbonyl (C=O) groups excluding carboxylic acids is 1. The third kappa shape index (κ3) is 5.25. The Morgan fingerprint density at radius 3 is 2.71 bits per heavy atom. The van der Waals surface area contributed by atoms with Crippen LogP contribution in [0.4, 0.5) is 18.0 Å². The van der Waals surface area contributed by atoms with Gasteiger partial charge in [-0.15, -0.1) is 0 Å². The number of piperidine rings is 1. The first-order chi connectivity index (χ1) is 7.78. The molecule has 1 heterocycles. The Kier molecular flexibility index (Phi) is 4.62. The van der Waals surface area contributed by atoms with Crippen molar-refractivity contribution in [3.8, 4) is 0 Å². The molecule has 0 saturated carbocycles. The van der Waals surface area contributed by atoms with E-state index in [-0.39, 0.29) is 6.04 Å². The van der Waals surface area contributed by atoms with Gasteiger partial charge in [0.1, 0.15) is 0 Å². The molecular weight excluding hydrogens is 237 g/mol. The molecule has 0 aliphatic carbocycles. The van der Waals surface area contributed by atoms with Crippen molar-refractivity contribution in [2.45, 2.75) is 38.0 Å². The van der Waals surface area contributed by atoms with Gasteiger partial charge in [-0.1, -0.05) is 0 Å². The molecule has 4 nitrogen and oxygen atoms in total. The fourth-order valence-corrected chi connectivity index (χ4v) is 1.78. The molecule has 0 radical (unpaired) electrons. The lowest BCUT2D eigenvalue weighted by atomic mass is 9.99. The summed E-state index contributed by atoms with van der Waals surface area (Å²) in [5.41, 5.74) is 0. The molecule has 2 atom stereocenters. The average Bonchev–Trinajstić information content (AvgIpc) is 2.20. The maximum absolute atomic E-state index is 11.8. The van der Waals surface area contributed by atoms with Gasteiger partial charge in [0.2, 0.25) is 0 Å². The third-order valence-electron chi connectivity index (χ3n) is 2.90. The van der Waals surface area contributed by atoms with Gasteiger partial charge in [-0.05, 0) is 26.8 Å². The summed E-state index contributed by atoms with van der Waals surface area (Å²) in [6, 6.07) is 0.193. The second kappa shape index (κ2) is 5.57. The van der Waals surface area contributed by atoms with Crippen LogP contribution in [0.25, 0.3) is 0 Å². The van der Waals surface area contributed by atoms with Crippen LogP contribution in [0.15, 0.2) is 0 Å². The minimum atomic E-state index is -4.47. The summed E-state index contributed by atoms with van der Waals surface area (Å²) in [5.74, 6) is 0. The van der Waals surface area contributed by atoms with Gasteiger partial charge in [0, 0.05) is 18.6 Å². The largest absolute Gasteiger partial charge is 0.440 e. The number of halogens is 3. The number of nitrogens with zero attached hydrogens (tertiary/aromatic N) is 1. The third-order valence-corrected chi connectivity index (χ3v) is 2.90. The number of alkyl halides is 3. The lowest BCUT2D eigenvalue weighted by molar-refractivity contribution is -0.160. The van der Waals surface area contributed by atoms with Crippen LogP contribution in [-0.4, -0.2) is 49.5 Å². The first-order valence-electron chi connectivity index (χ1n) is 5.48. The Morgan fingerprint density at radius 1 is 1.53 bits per heavy atom. The maximum Gasteiger partial charge on any atom is 0.422 e. The summed E-state index contributed by atoms with van der Waals surface area (Å²) in [4.78, 5) is 13.2. The van der Waals surface area contributed by atoms with Crippen LogP contribution in [0.1, 0.15) is 19.8 Å². The van der Waals surface area contributed by atoms with Crippen LogP contribution < -0.4 is 5.32 Å². The first-order valence-corrected chi connectivity index (χ1v) is 5.48. The van der Waals surface area contributed by atoms with Crippen LogP contribution in [-0.2, 0) is 4.74 Å². The monoisotopic (exact) mass is 254 g/mol. The zero-order valence-corrected chi connectivity index (χ0v) is 9.88. The van der Waals surface area contributed by atoms with Crippen molar-refractivity contribution in [3.63, 3.8) is 0 Å². The second-order valence-corrected chi connectivity index (χ2v) is 4.39. The summed E-state index contributed by atoms with van der Waals surface area (Å²) in [7, 11) is 1.98. The number of likely N-dealkylation sites (tertiary alicyclic amines) is 1. The van der Waals surface area contributed by atoms with Crippen LogP contribution >= 0.6 is 0 Å². The van der Waals surface area contributed by atoms with E-state index in [1.54, 1.807) is 0 Å². The molecule has 0 aromatic heterocycles. The van der Waals surface area contributed by atoms with Gasteiger partial charge in [0.25, 0.3) is 0 Å². The molecular formula is C10H17F3N2O2. The molecule has 17 heavy (non-hydrogen) atoms. The molecule has 1 amide bonds. The smallest absolute Gasteiger partial charge is 0.422 e. The molecule has 0 aromatic carbocycles. The molecule has 1 saturated heterocycles. The summed E-state index contributed by atoms with van der Waals surface area (Å²) in [5, 5.41) is 2.45. The maximum atomic E-state index is 11.8. The molecule has 0 bridgehead atoms. The number of nitrogens with one attached hydrogen (secondary N) is 1. The highest BCUT2D eigenvalue weighted by Crippen LogP contribution is 2.16. The van der Waals surface area contributed by atoms with E-state index < -0.39 is 18.9 Å². The molecule has 1 aliphatic rings. The van der Waals surface area contributed by atoms with Crippen LogP contribution in [0.3, 0.4) is 0 Å². The van der Waals surface area contributed by atoms with Crippen molar-refractivity contribution in [2.24, 2.45) is 0 Å². The van der Waals surface area contributed by atoms with Crippen molar-refractivity contribution < 1.29 is 22.7 Å². The lowest BCUT2D eigenvalue weighted by Gasteiger charge is -2.35. The van der Waals surface area contributed by atoms with E-state index in [0.717, 1.165) is 19.4 Å². The predicted molar refractivity (Wildman–Crippen MR) is 55.7 cm³/mol. The van der Waals surface area contributed by atoms with Gasteiger partial charge in [-0.25, -0.2) is 4.79 Å². The number of hydrogen-bond donors (Lipinski definition) is 1. The molecule has 100 valence electrons.